The van der Waals surface area contributed by atoms with E-state index in [1.807, 2.05) is 0 Å². The Bertz CT molecular complexity index is 929. The Morgan fingerprint density at radius 1 is 1.03 bits per heavy atom. The Balaban J connectivity index is 1.74. The maximum atomic E-state index is 12.3. The fourth-order valence-corrected chi connectivity index (χ4v) is 4.65. The highest BCUT2D eigenvalue weighted by Gasteiger charge is 2.23. The average Bonchev–Trinajstić information content (AvgIpc) is 2.84. The number of rotatable bonds is 12. The van der Waals surface area contributed by atoms with E-state index < -0.39 is 0 Å². The number of methoxy groups -OCH3 is 2. The maximum Gasteiger partial charge on any atom is 0.236 e. The van der Waals surface area contributed by atoms with Crippen molar-refractivity contribution >= 4 is 35.3 Å². The van der Waals surface area contributed by atoms with Gasteiger partial charge in [-0.15, -0.1) is 0 Å². The van der Waals surface area contributed by atoms with E-state index in [1.54, 1.807) is 20.3 Å². The lowest BCUT2D eigenvalue weighted by Gasteiger charge is -2.27. The number of ether oxygens (including phenoxy) is 2. The minimum absolute atomic E-state index is 0.0880. The number of nitrogens with one attached hydrogen (secondary N) is 1. The second kappa shape index (κ2) is 13.2. The molecule has 1 aliphatic rings. The molecule has 3 N–H and O–H groups in total. The van der Waals surface area contributed by atoms with Crippen LogP contribution < -0.4 is 25.4 Å². The lowest BCUT2D eigenvalue weighted by atomic mass is 10.1. The summed E-state index contributed by atoms with van der Waals surface area (Å²) >= 11 is 1.18. The first-order valence-corrected chi connectivity index (χ1v) is 12.7. The molecule has 1 fully saturated rings. The number of piperidine rings is 1. The molecule has 1 aliphatic heterocycles. The summed E-state index contributed by atoms with van der Waals surface area (Å²) in [4.78, 5) is 33.0. The smallest absolute Gasteiger partial charge is 0.236 e. The minimum atomic E-state index is -0.0880. The highest BCUT2D eigenvalue weighted by Crippen LogP contribution is 2.40. The number of carbonyl (C=O) groups excluding carboxylic acids is 1. The monoisotopic (exact) mass is 489 g/mol. The maximum absolute atomic E-state index is 12.3. The molecule has 0 saturated carbocycles. The van der Waals surface area contributed by atoms with Gasteiger partial charge in [-0.1, -0.05) is 32.6 Å². The van der Waals surface area contributed by atoms with Gasteiger partial charge < -0.3 is 25.4 Å². The molecule has 1 amide bonds. The molecule has 0 bridgehead atoms. The standard InChI is InChI=1S/C23H35N7O3S/c1-4-5-6-7-9-12-18(31)26-17-15-16(24)25-23(27-17)34-19-20(32-2)28-22(29-21(19)33-3)30-13-10-8-11-14-30/h15H,4-14H2,1-3H3,(H3,24,25,26,27,31). The fraction of sp³-hybridized carbons (Fsp3) is 0.609. The summed E-state index contributed by atoms with van der Waals surface area (Å²) in [6.45, 7) is 3.97. The van der Waals surface area contributed by atoms with Gasteiger partial charge in [0.05, 0.1) is 14.2 Å². The van der Waals surface area contributed by atoms with E-state index in [0.29, 0.717) is 40.0 Å². The fourth-order valence-electron chi connectivity index (χ4n) is 3.74. The summed E-state index contributed by atoms with van der Waals surface area (Å²) in [5.41, 5.74) is 5.99. The van der Waals surface area contributed by atoms with Crippen LogP contribution in [0.4, 0.5) is 17.6 Å². The number of anilines is 3. The van der Waals surface area contributed by atoms with Gasteiger partial charge in [-0.3, -0.25) is 4.79 Å². The highest BCUT2D eigenvalue weighted by molar-refractivity contribution is 7.99. The van der Waals surface area contributed by atoms with Crippen molar-refractivity contribution in [3.8, 4) is 11.8 Å². The van der Waals surface area contributed by atoms with Gasteiger partial charge in [0.15, 0.2) is 5.16 Å². The summed E-state index contributed by atoms with van der Waals surface area (Å²) in [5, 5.41) is 3.16. The number of nitrogens with two attached hydrogens (primary N) is 1. The van der Waals surface area contributed by atoms with Crippen LogP contribution in [0.2, 0.25) is 0 Å². The zero-order valence-corrected chi connectivity index (χ0v) is 21.1. The number of unbranched alkanes of at least 4 members (excludes halogenated alkanes) is 4. The van der Waals surface area contributed by atoms with Crippen LogP contribution in [0.25, 0.3) is 0 Å². The number of aromatic nitrogens is 4. The molecule has 3 rings (SSSR count). The highest BCUT2D eigenvalue weighted by atomic mass is 32.2. The van der Waals surface area contributed by atoms with Crippen LogP contribution in [-0.4, -0.2) is 53.2 Å². The molecule has 10 nitrogen and oxygen atoms in total. The van der Waals surface area contributed by atoms with Gasteiger partial charge in [-0.05, 0) is 37.4 Å². The number of carbonyl (C=O) groups is 1. The van der Waals surface area contributed by atoms with Crippen LogP contribution >= 0.6 is 11.8 Å². The van der Waals surface area contributed by atoms with Crippen molar-refractivity contribution in [3.05, 3.63) is 6.07 Å². The molecule has 34 heavy (non-hydrogen) atoms. The molecule has 2 aromatic heterocycles. The third kappa shape index (κ3) is 7.34. The molecule has 0 atom stereocenters. The van der Waals surface area contributed by atoms with Crippen LogP contribution in [0.1, 0.15) is 64.7 Å². The molecule has 186 valence electrons. The number of nitrogen functional groups attached to an aromatic ring is 1. The summed E-state index contributed by atoms with van der Waals surface area (Å²) < 4.78 is 11.1. The Morgan fingerprint density at radius 2 is 1.71 bits per heavy atom. The topological polar surface area (TPSA) is 128 Å². The van der Waals surface area contributed by atoms with E-state index in [2.05, 4.69) is 37.1 Å². The molecule has 0 unspecified atom stereocenters. The molecule has 2 aromatic rings. The lowest BCUT2D eigenvalue weighted by Crippen LogP contribution is -2.31. The number of hydrogen-bond donors (Lipinski definition) is 2. The van der Waals surface area contributed by atoms with Crippen molar-refractivity contribution in [2.24, 2.45) is 0 Å². The first-order valence-electron chi connectivity index (χ1n) is 11.9. The predicted molar refractivity (Wildman–Crippen MR) is 134 cm³/mol. The van der Waals surface area contributed by atoms with E-state index in [0.717, 1.165) is 45.2 Å². The van der Waals surface area contributed by atoms with E-state index in [-0.39, 0.29) is 11.7 Å². The van der Waals surface area contributed by atoms with Gasteiger partial charge in [-0.2, -0.15) is 9.97 Å². The molecule has 1 saturated heterocycles. The Hall–Kier alpha value is -2.82. The molecular formula is C23H35N7O3S. The first kappa shape index (κ1) is 25.8. The van der Waals surface area contributed by atoms with Gasteiger partial charge in [0.1, 0.15) is 16.5 Å². The van der Waals surface area contributed by atoms with Crippen molar-refractivity contribution < 1.29 is 14.3 Å². The van der Waals surface area contributed by atoms with Gasteiger partial charge in [-0.25, -0.2) is 9.97 Å². The van der Waals surface area contributed by atoms with E-state index >= 15 is 0 Å². The van der Waals surface area contributed by atoms with Crippen LogP contribution in [0, 0.1) is 0 Å². The SMILES string of the molecule is CCCCCCCC(=O)Nc1cc(N)nc(Sc2c(OC)nc(N3CCCCC3)nc2OC)n1. The molecular weight excluding hydrogens is 454 g/mol. The zero-order chi connectivity index (χ0) is 24.3. The van der Waals surface area contributed by atoms with Crippen molar-refractivity contribution in [2.75, 3.05) is 43.3 Å². The number of hydrogen-bond acceptors (Lipinski definition) is 10. The lowest BCUT2D eigenvalue weighted by molar-refractivity contribution is -0.116. The van der Waals surface area contributed by atoms with Gasteiger partial charge in [0, 0.05) is 25.6 Å². The van der Waals surface area contributed by atoms with Crippen molar-refractivity contribution in [1.82, 2.24) is 19.9 Å². The van der Waals surface area contributed by atoms with Crippen LogP contribution in [-0.2, 0) is 4.79 Å². The van der Waals surface area contributed by atoms with Gasteiger partial charge in [0.2, 0.25) is 23.6 Å². The Kier molecular flexibility index (Phi) is 9.99. The van der Waals surface area contributed by atoms with E-state index in [1.165, 1.54) is 31.0 Å². The summed E-state index contributed by atoms with van der Waals surface area (Å²) in [6.07, 6.45) is 9.28. The molecule has 11 heteroatoms. The molecule has 0 spiro atoms. The summed E-state index contributed by atoms with van der Waals surface area (Å²) in [7, 11) is 3.11. The van der Waals surface area contributed by atoms with Crippen LogP contribution in [0.15, 0.2) is 16.1 Å². The zero-order valence-electron chi connectivity index (χ0n) is 20.3. The van der Waals surface area contributed by atoms with Crippen LogP contribution in [0.5, 0.6) is 11.8 Å². The quantitative estimate of drug-likeness (QED) is 0.329. The molecule has 0 aromatic carbocycles. The van der Waals surface area contributed by atoms with E-state index in [9.17, 15) is 4.79 Å². The third-order valence-corrected chi connectivity index (χ3v) is 6.43. The Labute approximate surface area is 205 Å². The average molecular weight is 490 g/mol. The first-order chi connectivity index (χ1) is 16.5. The summed E-state index contributed by atoms with van der Waals surface area (Å²) in [6, 6.07) is 1.55. The van der Waals surface area contributed by atoms with Crippen LogP contribution in [0.3, 0.4) is 0 Å². The largest absolute Gasteiger partial charge is 0.480 e. The molecule has 0 radical (unpaired) electrons. The summed E-state index contributed by atoms with van der Waals surface area (Å²) in [5.74, 6) is 1.85. The third-order valence-electron chi connectivity index (χ3n) is 5.51. The second-order valence-electron chi connectivity index (χ2n) is 8.19. The van der Waals surface area contributed by atoms with Crippen molar-refractivity contribution in [3.63, 3.8) is 0 Å². The Morgan fingerprint density at radius 3 is 2.35 bits per heavy atom. The normalized spacial score (nSPS) is 13.6. The number of amides is 1. The number of nitrogens with zero attached hydrogens (tertiary/aromatic N) is 5. The minimum Gasteiger partial charge on any atom is -0.480 e. The van der Waals surface area contributed by atoms with Gasteiger partial charge >= 0.3 is 0 Å². The van der Waals surface area contributed by atoms with Crippen molar-refractivity contribution in [1.29, 1.82) is 0 Å². The second-order valence-corrected chi connectivity index (χ2v) is 9.17. The molecule has 0 aliphatic carbocycles. The van der Waals surface area contributed by atoms with Crippen molar-refractivity contribution in [2.45, 2.75) is 74.8 Å². The van der Waals surface area contributed by atoms with Gasteiger partial charge in [0.25, 0.3) is 0 Å². The predicted octanol–water partition coefficient (Wildman–Crippen LogP) is 4.31. The van der Waals surface area contributed by atoms with E-state index in [4.69, 9.17) is 15.2 Å². The molecule has 3 heterocycles.